The fraction of sp³-hybridized carbons (Fsp3) is 0.167. The Hall–Kier alpha value is -1.65. The van der Waals surface area contributed by atoms with Crippen molar-refractivity contribution in [2.24, 2.45) is 0 Å². The third-order valence-corrected chi connectivity index (χ3v) is 4.71. The van der Waals surface area contributed by atoms with Crippen LogP contribution in [0.1, 0.15) is 15.9 Å². The van der Waals surface area contributed by atoms with E-state index in [2.05, 4.69) is 18.2 Å². The first-order chi connectivity index (χ1) is 10.7. The summed E-state index contributed by atoms with van der Waals surface area (Å²) < 4.78 is 0. The van der Waals surface area contributed by atoms with Gasteiger partial charge in [-0.05, 0) is 36.1 Å². The van der Waals surface area contributed by atoms with Crippen LogP contribution in [0.3, 0.4) is 0 Å². The number of hydrogen-bond donors (Lipinski definition) is 1. The van der Waals surface area contributed by atoms with Crippen molar-refractivity contribution in [2.75, 3.05) is 17.3 Å². The van der Waals surface area contributed by atoms with Crippen LogP contribution in [0.4, 0.5) is 5.69 Å². The molecule has 1 N–H and O–H groups in total. The molecular weight excluding hydrogens is 310 g/mol. The van der Waals surface area contributed by atoms with Gasteiger partial charge in [0.25, 0.3) is 5.91 Å². The Morgan fingerprint density at radius 2 is 1.91 bits per heavy atom. The number of anilines is 1. The number of nitrogens with one attached hydrogen (secondary N) is 1. The second-order valence-electron chi connectivity index (χ2n) is 4.68. The summed E-state index contributed by atoms with van der Waals surface area (Å²) in [7, 11) is 0. The molecule has 0 spiro atoms. The fourth-order valence-corrected chi connectivity index (χ4v) is 3.23. The lowest BCUT2D eigenvalue weighted by molar-refractivity contribution is 0.102. The van der Waals surface area contributed by atoms with Gasteiger partial charge >= 0.3 is 0 Å². The lowest BCUT2D eigenvalue weighted by Crippen LogP contribution is -2.12. The van der Waals surface area contributed by atoms with E-state index in [-0.39, 0.29) is 5.91 Å². The van der Waals surface area contributed by atoms with Gasteiger partial charge in [0.05, 0.1) is 5.69 Å². The van der Waals surface area contributed by atoms with E-state index in [0.717, 1.165) is 22.1 Å². The van der Waals surface area contributed by atoms with Crippen LogP contribution in [0, 0.1) is 0 Å². The van der Waals surface area contributed by atoms with E-state index in [4.69, 9.17) is 0 Å². The molecule has 0 saturated carbocycles. The van der Waals surface area contributed by atoms with Gasteiger partial charge in [-0.2, -0.15) is 11.8 Å². The number of para-hydroxylation sites is 1. The molecule has 0 aliphatic carbocycles. The van der Waals surface area contributed by atoms with Crippen molar-refractivity contribution in [2.45, 2.75) is 10.6 Å². The van der Waals surface area contributed by atoms with Crippen LogP contribution in [0.2, 0.25) is 0 Å². The van der Waals surface area contributed by atoms with Crippen LogP contribution in [0.5, 0.6) is 0 Å². The largest absolute Gasteiger partial charge is 0.321 e. The summed E-state index contributed by atoms with van der Waals surface area (Å²) in [4.78, 5) is 13.4. The molecule has 0 unspecified atom stereocenters. The molecular formula is C18H19NOS2. The molecule has 4 heteroatoms. The van der Waals surface area contributed by atoms with Gasteiger partial charge in [0.15, 0.2) is 0 Å². The SMILES string of the molecule is C=CCSc1ccccc1NC(=O)c1ccc(CSC)cc1. The van der Waals surface area contributed by atoms with Crippen LogP contribution >= 0.6 is 23.5 Å². The number of carbonyl (C=O) groups is 1. The van der Waals surface area contributed by atoms with Crippen molar-refractivity contribution in [1.82, 2.24) is 0 Å². The van der Waals surface area contributed by atoms with Crippen molar-refractivity contribution >= 4 is 35.1 Å². The first-order valence-electron chi connectivity index (χ1n) is 6.96. The van der Waals surface area contributed by atoms with Crippen LogP contribution in [-0.4, -0.2) is 17.9 Å². The highest BCUT2D eigenvalue weighted by Gasteiger charge is 2.09. The van der Waals surface area contributed by atoms with Crippen LogP contribution in [-0.2, 0) is 5.75 Å². The maximum atomic E-state index is 12.4. The van der Waals surface area contributed by atoms with Crippen LogP contribution in [0.15, 0.2) is 66.1 Å². The maximum Gasteiger partial charge on any atom is 0.255 e. The molecule has 0 aliphatic heterocycles. The lowest BCUT2D eigenvalue weighted by atomic mass is 10.1. The zero-order valence-corrected chi connectivity index (χ0v) is 14.2. The van der Waals surface area contributed by atoms with Gasteiger partial charge in [0.2, 0.25) is 0 Å². The number of amides is 1. The third-order valence-electron chi connectivity index (χ3n) is 3.02. The van der Waals surface area contributed by atoms with Gasteiger partial charge in [0.1, 0.15) is 0 Å². The maximum absolute atomic E-state index is 12.4. The van der Waals surface area contributed by atoms with Crippen molar-refractivity contribution in [1.29, 1.82) is 0 Å². The van der Waals surface area contributed by atoms with Crippen LogP contribution < -0.4 is 5.32 Å². The molecule has 0 aromatic heterocycles. The summed E-state index contributed by atoms with van der Waals surface area (Å²) in [6.45, 7) is 3.73. The minimum atomic E-state index is -0.0812. The molecule has 114 valence electrons. The molecule has 0 heterocycles. The molecule has 0 atom stereocenters. The standard InChI is InChI=1S/C18H19NOS2/c1-3-12-22-17-7-5-4-6-16(17)19-18(20)15-10-8-14(9-11-15)13-21-2/h3-11H,1,12-13H2,2H3,(H,19,20). The predicted molar refractivity (Wildman–Crippen MR) is 99.0 cm³/mol. The molecule has 0 bridgehead atoms. The highest BCUT2D eigenvalue weighted by atomic mass is 32.2. The first kappa shape index (κ1) is 16.7. The van der Waals surface area contributed by atoms with E-state index >= 15 is 0 Å². The van der Waals surface area contributed by atoms with Gasteiger partial charge in [-0.15, -0.1) is 18.3 Å². The second-order valence-corrected chi connectivity index (χ2v) is 6.61. The average molecular weight is 329 g/mol. The van der Waals surface area contributed by atoms with Crippen molar-refractivity contribution in [3.63, 3.8) is 0 Å². The zero-order chi connectivity index (χ0) is 15.8. The number of benzene rings is 2. The summed E-state index contributed by atoms with van der Waals surface area (Å²) in [6.07, 6.45) is 3.92. The predicted octanol–water partition coefficient (Wildman–Crippen LogP) is 5.08. The Balaban J connectivity index is 2.09. The molecule has 2 aromatic rings. The van der Waals surface area contributed by atoms with Gasteiger partial charge in [-0.25, -0.2) is 0 Å². The van der Waals surface area contributed by atoms with E-state index in [0.29, 0.717) is 5.56 Å². The van der Waals surface area contributed by atoms with E-state index in [9.17, 15) is 4.79 Å². The van der Waals surface area contributed by atoms with Gasteiger partial charge in [-0.3, -0.25) is 4.79 Å². The molecule has 2 rings (SSSR count). The van der Waals surface area contributed by atoms with Crippen molar-refractivity contribution in [3.05, 3.63) is 72.3 Å². The Labute approximate surface area is 140 Å². The summed E-state index contributed by atoms with van der Waals surface area (Å²) in [5, 5.41) is 2.99. The minimum Gasteiger partial charge on any atom is -0.321 e. The highest BCUT2D eigenvalue weighted by molar-refractivity contribution is 7.99. The minimum absolute atomic E-state index is 0.0812. The van der Waals surface area contributed by atoms with Gasteiger partial charge < -0.3 is 5.32 Å². The summed E-state index contributed by atoms with van der Waals surface area (Å²) in [5.74, 6) is 1.70. The van der Waals surface area contributed by atoms with E-state index in [1.165, 1.54) is 5.56 Å². The first-order valence-corrected chi connectivity index (χ1v) is 9.34. The molecule has 22 heavy (non-hydrogen) atoms. The smallest absolute Gasteiger partial charge is 0.255 e. The average Bonchev–Trinajstić information content (AvgIpc) is 2.55. The number of carbonyl (C=O) groups excluding carboxylic acids is 1. The van der Waals surface area contributed by atoms with E-state index < -0.39 is 0 Å². The Morgan fingerprint density at radius 3 is 2.59 bits per heavy atom. The quantitative estimate of drug-likeness (QED) is 0.567. The molecule has 0 radical (unpaired) electrons. The topological polar surface area (TPSA) is 29.1 Å². The zero-order valence-electron chi connectivity index (χ0n) is 12.5. The second kappa shape index (κ2) is 8.71. The Morgan fingerprint density at radius 1 is 1.18 bits per heavy atom. The molecule has 2 nitrogen and oxygen atoms in total. The fourth-order valence-electron chi connectivity index (χ4n) is 1.96. The van der Waals surface area contributed by atoms with E-state index in [1.807, 2.05) is 54.6 Å². The molecule has 0 fully saturated rings. The Kier molecular flexibility index (Phi) is 6.62. The highest BCUT2D eigenvalue weighted by Crippen LogP contribution is 2.27. The molecule has 0 aliphatic rings. The number of hydrogen-bond acceptors (Lipinski definition) is 3. The van der Waals surface area contributed by atoms with Crippen molar-refractivity contribution in [3.8, 4) is 0 Å². The number of rotatable bonds is 7. The summed E-state index contributed by atoms with van der Waals surface area (Å²) in [6, 6.07) is 15.6. The van der Waals surface area contributed by atoms with Gasteiger partial charge in [0, 0.05) is 22.0 Å². The normalized spacial score (nSPS) is 10.2. The van der Waals surface area contributed by atoms with Crippen LogP contribution in [0.25, 0.3) is 0 Å². The number of thioether (sulfide) groups is 2. The monoisotopic (exact) mass is 329 g/mol. The summed E-state index contributed by atoms with van der Waals surface area (Å²) in [5.41, 5.74) is 2.74. The molecule has 1 amide bonds. The molecule has 0 saturated heterocycles. The van der Waals surface area contributed by atoms with Crippen molar-refractivity contribution < 1.29 is 4.79 Å². The summed E-state index contributed by atoms with van der Waals surface area (Å²) >= 11 is 3.43. The Bertz CT molecular complexity index is 638. The van der Waals surface area contributed by atoms with E-state index in [1.54, 1.807) is 23.5 Å². The van der Waals surface area contributed by atoms with Gasteiger partial charge in [-0.1, -0.05) is 30.3 Å². The molecule has 2 aromatic carbocycles. The third kappa shape index (κ3) is 4.68. The lowest BCUT2D eigenvalue weighted by Gasteiger charge is -2.10.